The zero-order chi connectivity index (χ0) is 18.9. The monoisotopic (exact) mass is 348 g/mol. The minimum atomic E-state index is 0.0732. The molecule has 0 saturated carbocycles. The van der Waals surface area contributed by atoms with Crippen LogP contribution >= 0.6 is 0 Å². The van der Waals surface area contributed by atoms with E-state index < -0.39 is 0 Å². The van der Waals surface area contributed by atoms with Crippen molar-refractivity contribution in [2.24, 2.45) is 18.0 Å². The van der Waals surface area contributed by atoms with Crippen molar-refractivity contribution in [3.05, 3.63) is 71.4 Å². The molecule has 0 bridgehead atoms. The zero-order valence-corrected chi connectivity index (χ0v) is 15.6. The third kappa shape index (κ3) is 3.20. The quantitative estimate of drug-likeness (QED) is 0.429. The highest BCUT2D eigenvalue weighted by molar-refractivity contribution is 6.13. The summed E-state index contributed by atoms with van der Waals surface area (Å²) < 4.78 is 1.66. The van der Waals surface area contributed by atoms with Crippen molar-refractivity contribution in [3.8, 4) is 17.0 Å². The van der Waals surface area contributed by atoms with E-state index in [1.165, 1.54) is 5.56 Å². The maximum atomic E-state index is 10.8. The molecule has 26 heavy (non-hydrogen) atoms. The lowest BCUT2D eigenvalue weighted by molar-refractivity contribution is 0.476. The molecule has 0 aliphatic rings. The van der Waals surface area contributed by atoms with Crippen LogP contribution in [-0.4, -0.2) is 20.6 Å². The Morgan fingerprint density at radius 2 is 1.65 bits per heavy atom. The number of aromatic nitrogens is 2. The number of rotatable bonds is 3. The van der Waals surface area contributed by atoms with Crippen LogP contribution < -0.4 is 5.84 Å². The maximum Gasteiger partial charge on any atom is 0.171 e. The van der Waals surface area contributed by atoms with Gasteiger partial charge in [0.1, 0.15) is 11.4 Å². The summed E-state index contributed by atoms with van der Waals surface area (Å²) in [6, 6.07) is 17.6. The molecule has 3 rings (SSSR count). The first-order chi connectivity index (χ1) is 12.3. The van der Waals surface area contributed by atoms with Crippen LogP contribution in [0.4, 0.5) is 0 Å². The number of nitrogens with zero attached hydrogens (tertiary/aromatic N) is 3. The van der Waals surface area contributed by atoms with E-state index >= 15 is 0 Å². The summed E-state index contributed by atoms with van der Waals surface area (Å²) in [6.45, 7) is 6.52. The van der Waals surface area contributed by atoms with E-state index in [4.69, 9.17) is 5.84 Å². The zero-order valence-electron chi connectivity index (χ0n) is 15.6. The van der Waals surface area contributed by atoms with E-state index in [0.29, 0.717) is 17.1 Å². The van der Waals surface area contributed by atoms with Crippen LogP contribution in [0, 0.1) is 0 Å². The number of hydrazone groups is 1. The Hall–Kier alpha value is -3.08. The van der Waals surface area contributed by atoms with Crippen LogP contribution in [-0.2, 0) is 12.5 Å². The molecular formula is C21H24N4O. The van der Waals surface area contributed by atoms with Crippen LogP contribution in [0.15, 0.2) is 59.7 Å². The lowest BCUT2D eigenvalue weighted by atomic mass is 9.86. The molecule has 0 radical (unpaired) electrons. The fourth-order valence-corrected chi connectivity index (χ4v) is 2.99. The summed E-state index contributed by atoms with van der Waals surface area (Å²) >= 11 is 0. The lowest BCUT2D eigenvalue weighted by Crippen LogP contribution is -2.10. The largest absolute Gasteiger partial charge is 0.504 e. The summed E-state index contributed by atoms with van der Waals surface area (Å²) in [5, 5.41) is 19.2. The van der Waals surface area contributed by atoms with Crippen molar-refractivity contribution in [2.45, 2.75) is 26.2 Å². The molecule has 0 fully saturated rings. The molecule has 5 nitrogen and oxygen atoms in total. The molecule has 0 aliphatic heterocycles. The molecule has 0 atom stereocenters. The van der Waals surface area contributed by atoms with Crippen LogP contribution in [0.5, 0.6) is 5.75 Å². The van der Waals surface area contributed by atoms with Gasteiger partial charge in [-0.3, -0.25) is 4.68 Å². The summed E-state index contributed by atoms with van der Waals surface area (Å²) in [4.78, 5) is 0. The topological polar surface area (TPSA) is 76.4 Å². The fraction of sp³-hybridized carbons (Fsp3) is 0.238. The summed E-state index contributed by atoms with van der Waals surface area (Å²) in [6.07, 6.45) is 0. The Balaban J connectivity index is 2.06. The first-order valence-corrected chi connectivity index (χ1v) is 8.53. The second-order valence-electron chi connectivity index (χ2n) is 7.34. The molecule has 0 amide bonds. The highest BCUT2D eigenvalue weighted by Crippen LogP contribution is 2.34. The Labute approximate surface area is 153 Å². The van der Waals surface area contributed by atoms with Gasteiger partial charge in [-0.25, -0.2) is 0 Å². The van der Waals surface area contributed by atoms with Gasteiger partial charge in [-0.1, -0.05) is 75.4 Å². The predicted octanol–water partition coefficient (Wildman–Crippen LogP) is 3.80. The van der Waals surface area contributed by atoms with Crippen molar-refractivity contribution >= 4 is 5.71 Å². The van der Waals surface area contributed by atoms with Crippen molar-refractivity contribution < 1.29 is 5.11 Å². The third-order valence-corrected chi connectivity index (χ3v) is 4.45. The lowest BCUT2D eigenvalue weighted by Gasteiger charge is -2.19. The Morgan fingerprint density at radius 1 is 1.04 bits per heavy atom. The second-order valence-corrected chi connectivity index (χ2v) is 7.34. The summed E-state index contributed by atoms with van der Waals surface area (Å²) in [5.41, 5.74) is 4.46. The van der Waals surface area contributed by atoms with Gasteiger partial charge in [-0.05, 0) is 11.0 Å². The SMILES string of the molecule is Cn1nc(C(=NN)c2ccccc2)c(O)c1-c1ccc(C(C)(C)C)cc1. The van der Waals surface area contributed by atoms with Crippen LogP contribution in [0.1, 0.15) is 37.6 Å². The fourth-order valence-electron chi connectivity index (χ4n) is 2.99. The van der Waals surface area contributed by atoms with E-state index in [1.807, 2.05) is 42.5 Å². The van der Waals surface area contributed by atoms with Crippen molar-refractivity contribution in [1.82, 2.24) is 9.78 Å². The average Bonchev–Trinajstić information content (AvgIpc) is 2.90. The standard InChI is InChI=1S/C21H24N4O/c1-21(2,3)16-12-10-15(11-13-16)19-20(26)18(24-25(19)4)17(23-22)14-8-6-5-7-9-14/h5-13,26H,22H2,1-4H3. The van der Waals surface area contributed by atoms with E-state index in [1.54, 1.807) is 11.7 Å². The predicted molar refractivity (Wildman–Crippen MR) is 105 cm³/mol. The first-order valence-electron chi connectivity index (χ1n) is 8.53. The molecular weight excluding hydrogens is 324 g/mol. The van der Waals surface area contributed by atoms with Crippen LogP contribution in [0.25, 0.3) is 11.3 Å². The van der Waals surface area contributed by atoms with Crippen molar-refractivity contribution in [3.63, 3.8) is 0 Å². The number of hydrogen-bond donors (Lipinski definition) is 2. The number of benzene rings is 2. The summed E-state index contributed by atoms with van der Waals surface area (Å²) in [7, 11) is 1.80. The van der Waals surface area contributed by atoms with E-state index in [-0.39, 0.29) is 11.2 Å². The van der Waals surface area contributed by atoms with Gasteiger partial charge in [-0.2, -0.15) is 10.2 Å². The molecule has 134 valence electrons. The van der Waals surface area contributed by atoms with Crippen LogP contribution in [0.3, 0.4) is 0 Å². The second kappa shape index (κ2) is 6.67. The molecule has 1 aromatic heterocycles. The molecule has 3 aromatic rings. The molecule has 0 aliphatic carbocycles. The van der Waals surface area contributed by atoms with Gasteiger partial charge >= 0.3 is 0 Å². The smallest absolute Gasteiger partial charge is 0.171 e. The van der Waals surface area contributed by atoms with Gasteiger partial charge in [0, 0.05) is 18.2 Å². The molecule has 0 spiro atoms. The van der Waals surface area contributed by atoms with Gasteiger partial charge in [0.05, 0.1) is 0 Å². The van der Waals surface area contributed by atoms with E-state index in [0.717, 1.165) is 11.1 Å². The van der Waals surface area contributed by atoms with Crippen molar-refractivity contribution in [1.29, 1.82) is 0 Å². The minimum Gasteiger partial charge on any atom is -0.504 e. The normalized spacial score (nSPS) is 12.4. The van der Waals surface area contributed by atoms with Crippen molar-refractivity contribution in [2.75, 3.05) is 0 Å². The Kier molecular flexibility index (Phi) is 4.55. The van der Waals surface area contributed by atoms with Gasteiger partial charge in [-0.15, -0.1) is 0 Å². The third-order valence-electron chi connectivity index (χ3n) is 4.45. The number of aromatic hydroxyl groups is 1. The molecule has 1 heterocycles. The average molecular weight is 348 g/mol. The molecule has 2 aromatic carbocycles. The molecule has 0 unspecified atom stereocenters. The highest BCUT2D eigenvalue weighted by Gasteiger charge is 2.22. The first kappa shape index (κ1) is 17.7. The van der Waals surface area contributed by atoms with Gasteiger partial charge in [0.25, 0.3) is 0 Å². The molecule has 0 saturated heterocycles. The maximum absolute atomic E-state index is 10.8. The van der Waals surface area contributed by atoms with Gasteiger partial charge in [0.2, 0.25) is 0 Å². The van der Waals surface area contributed by atoms with Gasteiger partial charge in [0.15, 0.2) is 11.4 Å². The molecule has 3 N–H and O–H groups in total. The number of aryl methyl sites for hydroxylation is 1. The number of nitrogens with two attached hydrogens (primary N) is 1. The van der Waals surface area contributed by atoms with Crippen LogP contribution in [0.2, 0.25) is 0 Å². The minimum absolute atomic E-state index is 0.0732. The Bertz CT molecular complexity index is 933. The van der Waals surface area contributed by atoms with E-state index in [2.05, 4.69) is 43.1 Å². The Morgan fingerprint density at radius 3 is 2.19 bits per heavy atom. The molecule has 5 heteroatoms. The number of hydrogen-bond acceptors (Lipinski definition) is 4. The summed E-state index contributed by atoms with van der Waals surface area (Å²) in [5.74, 6) is 5.67. The highest BCUT2D eigenvalue weighted by atomic mass is 16.3. The van der Waals surface area contributed by atoms with Gasteiger partial charge < -0.3 is 10.9 Å². The van der Waals surface area contributed by atoms with E-state index in [9.17, 15) is 5.11 Å².